The number of ether oxygens (including phenoxy) is 1. The molecule has 7 nitrogen and oxygen atoms in total. The van der Waals surface area contributed by atoms with Crippen molar-refractivity contribution in [1.82, 2.24) is 15.4 Å². The summed E-state index contributed by atoms with van der Waals surface area (Å²) in [6.07, 6.45) is 1.37. The number of hydrogen-bond acceptors (Lipinski definition) is 7. The minimum absolute atomic E-state index is 0.292. The number of aryl methyl sites for hydroxylation is 1. The SMILES string of the molecule is CCOC(=O)c1sc2ncnc(NNC(=O)c3ccc(Cl)cc3)c2c1C. The van der Waals surface area contributed by atoms with Crippen LogP contribution in [0, 0.1) is 6.92 Å². The van der Waals surface area contributed by atoms with Crippen LogP contribution in [-0.4, -0.2) is 28.5 Å². The average molecular weight is 391 g/mol. The Morgan fingerprint density at radius 1 is 1.23 bits per heavy atom. The highest BCUT2D eigenvalue weighted by Crippen LogP contribution is 2.33. The van der Waals surface area contributed by atoms with Gasteiger partial charge in [-0.3, -0.25) is 15.6 Å². The van der Waals surface area contributed by atoms with E-state index in [4.69, 9.17) is 16.3 Å². The molecule has 0 saturated carbocycles. The number of aromatic nitrogens is 2. The van der Waals surface area contributed by atoms with Crippen LogP contribution in [-0.2, 0) is 4.74 Å². The Kier molecular flexibility index (Phi) is 5.34. The number of anilines is 1. The number of fused-ring (bicyclic) bond motifs is 1. The fourth-order valence-electron chi connectivity index (χ4n) is 2.35. The number of nitrogens with zero attached hydrogens (tertiary/aromatic N) is 2. The second-order valence-corrected chi connectivity index (χ2v) is 6.70. The molecule has 134 valence electrons. The molecular formula is C17H15ClN4O3S. The smallest absolute Gasteiger partial charge is 0.348 e. The fraction of sp³-hybridized carbons (Fsp3) is 0.176. The molecule has 9 heteroatoms. The summed E-state index contributed by atoms with van der Waals surface area (Å²) < 4.78 is 5.07. The first-order valence-electron chi connectivity index (χ1n) is 7.74. The summed E-state index contributed by atoms with van der Waals surface area (Å²) in [6, 6.07) is 6.50. The maximum atomic E-state index is 12.2. The largest absolute Gasteiger partial charge is 0.462 e. The van der Waals surface area contributed by atoms with Gasteiger partial charge in [0.2, 0.25) is 0 Å². The fourth-order valence-corrected chi connectivity index (χ4v) is 3.52. The van der Waals surface area contributed by atoms with Crippen molar-refractivity contribution >= 4 is 50.8 Å². The molecule has 0 unspecified atom stereocenters. The Labute approximate surface area is 158 Å². The summed E-state index contributed by atoms with van der Waals surface area (Å²) in [7, 11) is 0. The lowest BCUT2D eigenvalue weighted by molar-refractivity contribution is 0.0531. The summed E-state index contributed by atoms with van der Waals surface area (Å²) in [4.78, 5) is 33.7. The van der Waals surface area contributed by atoms with Crippen molar-refractivity contribution < 1.29 is 14.3 Å². The molecule has 0 radical (unpaired) electrons. The number of amides is 1. The Morgan fingerprint density at radius 3 is 2.65 bits per heavy atom. The third kappa shape index (κ3) is 3.61. The molecule has 1 aromatic carbocycles. The molecule has 0 fully saturated rings. The van der Waals surface area contributed by atoms with Gasteiger partial charge in [-0.05, 0) is 43.7 Å². The van der Waals surface area contributed by atoms with Gasteiger partial charge in [0, 0.05) is 10.6 Å². The van der Waals surface area contributed by atoms with Crippen molar-refractivity contribution in [3.8, 4) is 0 Å². The predicted octanol–water partition coefficient (Wildman–Crippen LogP) is 3.59. The zero-order valence-corrected chi connectivity index (χ0v) is 15.6. The summed E-state index contributed by atoms with van der Waals surface area (Å²) >= 11 is 7.05. The summed E-state index contributed by atoms with van der Waals surface area (Å²) in [5.41, 5.74) is 6.53. The van der Waals surface area contributed by atoms with Gasteiger partial charge in [0.05, 0.1) is 12.0 Å². The number of hydrazine groups is 1. The molecule has 0 aliphatic carbocycles. The molecule has 0 spiro atoms. The summed E-state index contributed by atoms with van der Waals surface area (Å²) in [5, 5.41) is 1.21. The minimum Gasteiger partial charge on any atom is -0.462 e. The van der Waals surface area contributed by atoms with E-state index in [0.717, 1.165) is 0 Å². The highest BCUT2D eigenvalue weighted by atomic mass is 35.5. The van der Waals surface area contributed by atoms with E-state index in [0.29, 0.717) is 43.7 Å². The number of esters is 1. The zero-order valence-electron chi connectivity index (χ0n) is 14.0. The van der Waals surface area contributed by atoms with Crippen LogP contribution < -0.4 is 10.9 Å². The van der Waals surface area contributed by atoms with Gasteiger partial charge >= 0.3 is 5.97 Å². The van der Waals surface area contributed by atoms with E-state index in [1.807, 2.05) is 0 Å². The maximum absolute atomic E-state index is 12.2. The van der Waals surface area contributed by atoms with Crippen molar-refractivity contribution in [3.05, 3.63) is 51.6 Å². The van der Waals surface area contributed by atoms with Crippen molar-refractivity contribution in [2.45, 2.75) is 13.8 Å². The van der Waals surface area contributed by atoms with E-state index in [-0.39, 0.29) is 5.91 Å². The molecule has 3 rings (SSSR count). The van der Waals surface area contributed by atoms with E-state index in [9.17, 15) is 9.59 Å². The lowest BCUT2D eigenvalue weighted by Crippen LogP contribution is -2.29. The minimum atomic E-state index is -0.399. The van der Waals surface area contributed by atoms with E-state index >= 15 is 0 Å². The quantitative estimate of drug-likeness (QED) is 0.511. The molecule has 2 N–H and O–H groups in total. The van der Waals surface area contributed by atoms with Gasteiger partial charge < -0.3 is 4.74 Å². The summed E-state index contributed by atoms with van der Waals surface area (Å²) in [5.74, 6) is -0.335. The molecular weight excluding hydrogens is 376 g/mol. The molecule has 2 heterocycles. The molecule has 1 amide bonds. The van der Waals surface area contributed by atoms with Gasteiger partial charge in [0.15, 0.2) is 5.82 Å². The first-order valence-corrected chi connectivity index (χ1v) is 8.93. The number of hydrogen-bond donors (Lipinski definition) is 2. The monoisotopic (exact) mass is 390 g/mol. The van der Waals surface area contributed by atoms with Crippen LogP contribution >= 0.6 is 22.9 Å². The van der Waals surface area contributed by atoms with Crippen LogP contribution in [0.4, 0.5) is 5.82 Å². The standard InChI is InChI=1S/C17H15ClN4O3S/c1-3-25-17(24)13-9(2)12-14(19-8-20-16(12)26-13)21-22-15(23)10-4-6-11(18)7-5-10/h4-8H,3H2,1-2H3,(H,22,23)(H,19,20,21). The van der Waals surface area contributed by atoms with Gasteiger partial charge in [-0.1, -0.05) is 11.6 Å². The Morgan fingerprint density at radius 2 is 1.96 bits per heavy atom. The van der Waals surface area contributed by atoms with Crippen molar-refractivity contribution in [2.75, 3.05) is 12.0 Å². The highest BCUT2D eigenvalue weighted by Gasteiger charge is 2.20. The first kappa shape index (κ1) is 18.1. The predicted molar refractivity (Wildman–Crippen MR) is 101 cm³/mol. The highest BCUT2D eigenvalue weighted by molar-refractivity contribution is 7.20. The van der Waals surface area contributed by atoms with Crippen LogP contribution in [0.3, 0.4) is 0 Å². The number of thiophene rings is 1. The van der Waals surface area contributed by atoms with Gasteiger partial charge in [0.1, 0.15) is 16.0 Å². The lowest BCUT2D eigenvalue weighted by atomic mass is 10.2. The molecule has 2 aromatic heterocycles. The third-order valence-corrected chi connectivity index (χ3v) is 5.02. The number of rotatable bonds is 5. The van der Waals surface area contributed by atoms with Crippen LogP contribution in [0.15, 0.2) is 30.6 Å². The van der Waals surface area contributed by atoms with Gasteiger partial charge in [0.25, 0.3) is 5.91 Å². The van der Waals surface area contributed by atoms with Crippen LogP contribution in [0.5, 0.6) is 0 Å². The molecule has 3 aromatic rings. The second-order valence-electron chi connectivity index (χ2n) is 5.27. The second kappa shape index (κ2) is 7.67. The first-order chi connectivity index (χ1) is 12.5. The Hall–Kier alpha value is -2.71. The number of carbonyl (C=O) groups is 2. The Balaban J connectivity index is 1.85. The van der Waals surface area contributed by atoms with E-state index in [1.54, 1.807) is 38.1 Å². The van der Waals surface area contributed by atoms with Crippen LogP contribution in [0.2, 0.25) is 5.02 Å². The zero-order chi connectivity index (χ0) is 18.7. The van der Waals surface area contributed by atoms with Gasteiger partial charge in [-0.15, -0.1) is 11.3 Å². The van der Waals surface area contributed by atoms with E-state index in [2.05, 4.69) is 20.8 Å². The third-order valence-electron chi connectivity index (χ3n) is 3.59. The molecule has 0 aliphatic heterocycles. The van der Waals surface area contributed by atoms with Crippen LogP contribution in [0.25, 0.3) is 10.2 Å². The van der Waals surface area contributed by atoms with E-state index in [1.165, 1.54) is 17.7 Å². The molecule has 0 aliphatic rings. The van der Waals surface area contributed by atoms with Gasteiger partial charge in [-0.25, -0.2) is 14.8 Å². The van der Waals surface area contributed by atoms with E-state index < -0.39 is 5.97 Å². The van der Waals surface area contributed by atoms with Crippen LogP contribution in [0.1, 0.15) is 32.5 Å². The number of carbonyl (C=O) groups excluding carboxylic acids is 2. The van der Waals surface area contributed by atoms with Crippen molar-refractivity contribution in [1.29, 1.82) is 0 Å². The van der Waals surface area contributed by atoms with Crippen molar-refractivity contribution in [3.63, 3.8) is 0 Å². The van der Waals surface area contributed by atoms with Gasteiger partial charge in [-0.2, -0.15) is 0 Å². The normalized spacial score (nSPS) is 10.6. The van der Waals surface area contributed by atoms with Crippen molar-refractivity contribution in [2.24, 2.45) is 0 Å². The molecule has 26 heavy (non-hydrogen) atoms. The number of halogens is 1. The average Bonchev–Trinajstić information content (AvgIpc) is 2.98. The lowest BCUT2D eigenvalue weighted by Gasteiger charge is -2.09. The maximum Gasteiger partial charge on any atom is 0.348 e. The number of nitrogens with one attached hydrogen (secondary N) is 2. The number of benzene rings is 1. The molecule has 0 bridgehead atoms. The topological polar surface area (TPSA) is 93.2 Å². The molecule has 0 atom stereocenters. The molecule has 0 saturated heterocycles. The Bertz CT molecular complexity index is 972. The summed E-state index contributed by atoms with van der Waals surface area (Å²) in [6.45, 7) is 3.83.